The molecule has 2 saturated heterocycles. The number of hydrogen-bond donors (Lipinski definition) is 1. The fourth-order valence-corrected chi connectivity index (χ4v) is 3.70. The van der Waals surface area contributed by atoms with Crippen LogP contribution < -0.4 is 10.1 Å². The van der Waals surface area contributed by atoms with Crippen molar-refractivity contribution in [3.63, 3.8) is 0 Å². The zero-order valence-electron chi connectivity index (χ0n) is 15.0. The smallest absolute Gasteiger partial charge is 0.257 e. The van der Waals surface area contributed by atoms with Crippen LogP contribution in [-0.2, 0) is 4.74 Å². The average molecular weight is 369 g/mol. The van der Waals surface area contributed by atoms with Gasteiger partial charge >= 0.3 is 0 Å². The van der Waals surface area contributed by atoms with Crippen molar-refractivity contribution >= 4 is 18.3 Å². The predicted molar refractivity (Wildman–Crippen MR) is 101 cm³/mol. The second-order valence-electron chi connectivity index (χ2n) is 6.76. The molecule has 5 nitrogen and oxygen atoms in total. The maximum Gasteiger partial charge on any atom is 0.257 e. The van der Waals surface area contributed by atoms with Gasteiger partial charge in [-0.1, -0.05) is 12.1 Å². The summed E-state index contributed by atoms with van der Waals surface area (Å²) >= 11 is 0. The van der Waals surface area contributed by atoms with Crippen molar-refractivity contribution in [1.82, 2.24) is 10.2 Å². The van der Waals surface area contributed by atoms with Crippen LogP contribution in [0.15, 0.2) is 24.3 Å². The summed E-state index contributed by atoms with van der Waals surface area (Å²) in [6.07, 6.45) is 3.43. The van der Waals surface area contributed by atoms with E-state index in [-0.39, 0.29) is 18.3 Å². The number of halogens is 1. The average Bonchev–Trinajstić information content (AvgIpc) is 3.07. The minimum atomic E-state index is 0. The van der Waals surface area contributed by atoms with Crippen molar-refractivity contribution in [3.05, 3.63) is 29.8 Å². The fourth-order valence-electron chi connectivity index (χ4n) is 3.70. The van der Waals surface area contributed by atoms with Gasteiger partial charge in [0.2, 0.25) is 0 Å². The lowest BCUT2D eigenvalue weighted by atomic mass is 9.78. The number of carbonyl (C=O) groups excluding carboxylic acids is 1. The molecule has 1 aromatic carbocycles. The summed E-state index contributed by atoms with van der Waals surface area (Å²) < 4.78 is 11.1. The number of rotatable bonds is 6. The van der Waals surface area contributed by atoms with E-state index >= 15 is 0 Å². The monoisotopic (exact) mass is 368 g/mol. The second kappa shape index (κ2) is 9.41. The Morgan fingerprint density at radius 2 is 1.96 bits per heavy atom. The van der Waals surface area contributed by atoms with Crippen LogP contribution in [0.2, 0.25) is 0 Å². The third kappa shape index (κ3) is 4.87. The number of piperidine rings is 1. The summed E-state index contributed by atoms with van der Waals surface area (Å²) in [6, 6.07) is 7.53. The molecular formula is C19H29ClN2O3. The SMILES string of the molecule is CCOCCOc1ccccc1C(=O)N1CCC2(CCNC2)CC1.Cl. The molecule has 2 aliphatic rings. The Morgan fingerprint density at radius 1 is 1.20 bits per heavy atom. The summed E-state index contributed by atoms with van der Waals surface area (Å²) in [5, 5.41) is 3.47. The van der Waals surface area contributed by atoms with Crippen molar-refractivity contribution in [1.29, 1.82) is 0 Å². The second-order valence-corrected chi connectivity index (χ2v) is 6.76. The first-order valence-electron chi connectivity index (χ1n) is 9.04. The minimum Gasteiger partial charge on any atom is -0.490 e. The summed E-state index contributed by atoms with van der Waals surface area (Å²) in [5.41, 5.74) is 1.08. The number of amides is 1. The molecule has 0 saturated carbocycles. The molecule has 25 heavy (non-hydrogen) atoms. The van der Waals surface area contributed by atoms with Gasteiger partial charge in [0.25, 0.3) is 5.91 Å². The van der Waals surface area contributed by atoms with Gasteiger partial charge in [-0.15, -0.1) is 12.4 Å². The summed E-state index contributed by atoms with van der Waals surface area (Å²) in [6.45, 7) is 7.54. The van der Waals surface area contributed by atoms with Crippen molar-refractivity contribution in [3.8, 4) is 5.75 Å². The molecule has 0 aromatic heterocycles. The van der Waals surface area contributed by atoms with E-state index in [0.717, 1.165) is 39.0 Å². The summed E-state index contributed by atoms with van der Waals surface area (Å²) in [7, 11) is 0. The number of ether oxygens (including phenoxy) is 2. The molecule has 6 heteroatoms. The quantitative estimate of drug-likeness (QED) is 0.784. The van der Waals surface area contributed by atoms with Crippen molar-refractivity contribution in [2.45, 2.75) is 26.2 Å². The standard InChI is InChI=1S/C19H28N2O3.ClH/c1-2-23-13-14-24-17-6-4-3-5-16(17)18(22)21-11-8-19(9-12-21)7-10-20-15-19;/h3-6,20H,2,7-15H2,1H3;1H. The van der Waals surface area contributed by atoms with Crippen molar-refractivity contribution < 1.29 is 14.3 Å². The molecule has 2 heterocycles. The Hall–Kier alpha value is -1.30. The van der Waals surface area contributed by atoms with Crippen LogP contribution in [0, 0.1) is 5.41 Å². The number of benzene rings is 1. The van der Waals surface area contributed by atoms with Crippen LogP contribution in [0.5, 0.6) is 5.75 Å². The van der Waals surface area contributed by atoms with E-state index in [0.29, 0.717) is 36.5 Å². The Balaban J connectivity index is 0.00000225. The largest absolute Gasteiger partial charge is 0.490 e. The van der Waals surface area contributed by atoms with E-state index in [4.69, 9.17) is 9.47 Å². The summed E-state index contributed by atoms with van der Waals surface area (Å²) in [4.78, 5) is 14.9. The third-order valence-electron chi connectivity index (χ3n) is 5.25. The van der Waals surface area contributed by atoms with Crippen LogP contribution in [0.1, 0.15) is 36.5 Å². The first-order chi connectivity index (χ1) is 11.7. The number of carbonyl (C=O) groups is 1. The molecule has 1 amide bonds. The lowest BCUT2D eigenvalue weighted by molar-refractivity contribution is 0.0600. The molecule has 0 atom stereocenters. The highest BCUT2D eigenvalue weighted by Gasteiger charge is 2.38. The van der Waals surface area contributed by atoms with Gasteiger partial charge in [0.05, 0.1) is 12.2 Å². The topological polar surface area (TPSA) is 50.8 Å². The first kappa shape index (κ1) is 20.0. The van der Waals surface area contributed by atoms with Gasteiger partial charge in [0, 0.05) is 26.2 Å². The fraction of sp³-hybridized carbons (Fsp3) is 0.632. The highest BCUT2D eigenvalue weighted by Crippen LogP contribution is 2.37. The molecule has 1 aromatic rings. The molecule has 2 fully saturated rings. The highest BCUT2D eigenvalue weighted by molar-refractivity contribution is 5.97. The normalized spacial score (nSPS) is 18.8. The lowest BCUT2D eigenvalue weighted by Gasteiger charge is -2.39. The van der Waals surface area contributed by atoms with E-state index in [1.807, 2.05) is 36.1 Å². The zero-order chi connectivity index (χ0) is 16.8. The minimum absolute atomic E-state index is 0. The number of hydrogen-bond acceptors (Lipinski definition) is 4. The first-order valence-corrected chi connectivity index (χ1v) is 9.04. The Morgan fingerprint density at radius 3 is 2.64 bits per heavy atom. The van der Waals surface area contributed by atoms with E-state index < -0.39 is 0 Å². The highest BCUT2D eigenvalue weighted by atomic mass is 35.5. The third-order valence-corrected chi connectivity index (χ3v) is 5.25. The number of nitrogens with zero attached hydrogens (tertiary/aromatic N) is 1. The van der Waals surface area contributed by atoms with Crippen LogP contribution in [0.3, 0.4) is 0 Å². The number of likely N-dealkylation sites (tertiary alicyclic amines) is 1. The Kier molecular flexibility index (Phi) is 7.54. The van der Waals surface area contributed by atoms with E-state index in [9.17, 15) is 4.79 Å². The van der Waals surface area contributed by atoms with Crippen molar-refractivity contribution in [2.24, 2.45) is 5.41 Å². The molecule has 1 N–H and O–H groups in total. The Bertz CT molecular complexity index is 551. The maximum atomic E-state index is 12.9. The number of nitrogens with one attached hydrogen (secondary N) is 1. The maximum absolute atomic E-state index is 12.9. The molecule has 2 aliphatic heterocycles. The van der Waals surface area contributed by atoms with Gasteiger partial charge in [0.1, 0.15) is 12.4 Å². The van der Waals surface area contributed by atoms with E-state index in [1.54, 1.807) is 0 Å². The van der Waals surface area contributed by atoms with Gasteiger partial charge in [-0.05, 0) is 50.3 Å². The molecule has 0 bridgehead atoms. The van der Waals surface area contributed by atoms with Gasteiger partial charge in [0.15, 0.2) is 0 Å². The number of para-hydroxylation sites is 1. The van der Waals surface area contributed by atoms with Gasteiger partial charge in [-0.2, -0.15) is 0 Å². The van der Waals surface area contributed by atoms with E-state index in [1.165, 1.54) is 6.42 Å². The molecule has 3 rings (SSSR count). The van der Waals surface area contributed by atoms with Crippen LogP contribution >= 0.6 is 12.4 Å². The molecular weight excluding hydrogens is 340 g/mol. The lowest BCUT2D eigenvalue weighted by Crippen LogP contribution is -2.44. The van der Waals surface area contributed by atoms with Gasteiger partial charge in [-0.25, -0.2) is 0 Å². The summed E-state index contributed by atoms with van der Waals surface area (Å²) in [5.74, 6) is 0.743. The van der Waals surface area contributed by atoms with Gasteiger partial charge < -0.3 is 19.7 Å². The molecule has 140 valence electrons. The zero-order valence-corrected chi connectivity index (χ0v) is 15.8. The van der Waals surface area contributed by atoms with Crippen LogP contribution in [-0.4, -0.2) is 56.8 Å². The molecule has 1 spiro atoms. The van der Waals surface area contributed by atoms with E-state index in [2.05, 4.69) is 5.32 Å². The molecule has 0 aliphatic carbocycles. The molecule has 0 radical (unpaired) electrons. The van der Waals surface area contributed by atoms with Crippen LogP contribution in [0.25, 0.3) is 0 Å². The molecule has 0 unspecified atom stereocenters. The Labute approximate surface area is 156 Å². The van der Waals surface area contributed by atoms with Crippen molar-refractivity contribution in [2.75, 3.05) is 46.0 Å². The predicted octanol–water partition coefficient (Wildman–Crippen LogP) is 2.74. The van der Waals surface area contributed by atoms with Gasteiger partial charge in [-0.3, -0.25) is 4.79 Å². The van der Waals surface area contributed by atoms with Crippen LogP contribution in [0.4, 0.5) is 0 Å².